The summed E-state index contributed by atoms with van der Waals surface area (Å²) in [4.78, 5) is 22.5. The summed E-state index contributed by atoms with van der Waals surface area (Å²) in [5.74, 6) is 0.612. The van der Waals surface area contributed by atoms with E-state index in [1.54, 1.807) is 40.3 Å². The van der Waals surface area contributed by atoms with Crippen LogP contribution in [0.4, 0.5) is 0 Å². The van der Waals surface area contributed by atoms with E-state index in [0.717, 1.165) is 81.6 Å². The first-order valence-corrected chi connectivity index (χ1v) is 52.4. The van der Waals surface area contributed by atoms with E-state index in [2.05, 4.69) is 500 Å². The highest BCUT2D eigenvalue weighted by molar-refractivity contribution is 7.15. The molecule has 0 N–H and O–H groups in total. The Kier molecular flexibility index (Phi) is 18.8. The molecule has 0 bridgehead atoms. The lowest BCUT2D eigenvalue weighted by molar-refractivity contribution is 0.597. The van der Waals surface area contributed by atoms with Crippen molar-refractivity contribution in [3.63, 3.8) is 0 Å². The van der Waals surface area contributed by atoms with Gasteiger partial charge in [-0.05, 0) is 238 Å². The number of rotatable bonds is 8. The molecule has 12 aromatic heterocycles. The zero-order valence-electron chi connectivity index (χ0n) is 79.2. The van der Waals surface area contributed by atoms with Gasteiger partial charge in [-0.25, -0.2) is 15.0 Å². The maximum absolute atomic E-state index is 5.83. The molecule has 692 valence electrons. The van der Waals surface area contributed by atoms with Gasteiger partial charge in [-0.2, -0.15) is 4.98 Å². The van der Waals surface area contributed by atoms with Crippen LogP contribution in [0.2, 0.25) is 0 Å². The van der Waals surface area contributed by atoms with Gasteiger partial charge in [-0.1, -0.05) is 297 Å². The normalized spacial score (nSPS) is 12.1. The predicted octanol–water partition coefficient (Wildman–Crippen LogP) is 35.7. The fourth-order valence-corrected chi connectivity index (χ4v) is 25.8. The highest BCUT2D eigenvalue weighted by Crippen LogP contribution is 2.47. The first-order chi connectivity index (χ1) is 73.4. The number of nitrogens with zero attached hydrogens (tertiary/aromatic N) is 12. The smallest absolute Gasteiger partial charge is 0.307 e. The Morgan fingerprint density at radius 1 is 0.196 bits per heavy atom. The summed E-state index contributed by atoms with van der Waals surface area (Å²) in [5.41, 5.74) is 32.0. The summed E-state index contributed by atoms with van der Waals surface area (Å²) in [6.45, 7) is 0. The van der Waals surface area contributed by atoms with E-state index in [1.165, 1.54) is 197 Å². The van der Waals surface area contributed by atoms with Crippen molar-refractivity contribution in [2.45, 2.75) is 0 Å². The summed E-state index contributed by atoms with van der Waals surface area (Å²) < 4.78 is 24.0. The van der Waals surface area contributed by atoms with Gasteiger partial charge in [0, 0.05) is 106 Å². The number of benzene rings is 22. The van der Waals surface area contributed by atoms with Crippen LogP contribution in [0.25, 0.3) is 284 Å². The van der Waals surface area contributed by atoms with Crippen LogP contribution in [-0.2, 0) is 0 Å². The highest BCUT2D eigenvalue weighted by Gasteiger charge is 2.25. The van der Waals surface area contributed by atoms with Crippen LogP contribution >= 0.6 is 34.0 Å². The number of fused-ring (bicyclic) bond motifs is 36. The summed E-state index contributed by atoms with van der Waals surface area (Å²) in [6, 6.07) is 160. The number of hydrogen-bond acceptors (Lipinski definition) is 8. The average molecular weight is 1950 g/mol. The molecule has 0 atom stereocenters. The molecule has 12 heterocycles. The van der Waals surface area contributed by atoms with Gasteiger partial charge in [-0.3, -0.25) is 17.6 Å². The number of thiazole rings is 3. The van der Waals surface area contributed by atoms with Gasteiger partial charge in [0.2, 0.25) is 0 Å². The molecule has 0 saturated carbocycles. The molecule has 0 amide bonds. The van der Waals surface area contributed by atoms with Gasteiger partial charge in [0.1, 0.15) is 11.8 Å². The van der Waals surface area contributed by atoms with Crippen LogP contribution in [-0.4, -0.2) is 55.8 Å². The van der Waals surface area contributed by atoms with Crippen LogP contribution in [0.3, 0.4) is 0 Å². The second-order valence-electron chi connectivity index (χ2n) is 38.0. The summed E-state index contributed by atoms with van der Waals surface area (Å²) >= 11 is 5.01. The highest BCUT2D eigenvalue weighted by atomic mass is 32.1. The van der Waals surface area contributed by atoms with Gasteiger partial charge >= 0.3 is 5.84 Å². The quantitative estimate of drug-likeness (QED) is 0.141. The Labute approximate surface area is 855 Å². The van der Waals surface area contributed by atoms with Crippen molar-refractivity contribution in [1.29, 1.82) is 0 Å². The number of imidazole rings is 4. The van der Waals surface area contributed by atoms with Gasteiger partial charge in [0.25, 0.3) is 0 Å². The molecule has 0 aliphatic carbocycles. The molecule has 34 aromatic rings. The van der Waals surface area contributed by atoms with Crippen molar-refractivity contribution in [3.05, 3.63) is 484 Å². The fourth-order valence-electron chi connectivity index (χ4n) is 23.6. The van der Waals surface area contributed by atoms with E-state index in [1.807, 2.05) is 18.2 Å². The van der Waals surface area contributed by atoms with E-state index in [9.17, 15) is 0 Å². The van der Waals surface area contributed by atoms with Crippen LogP contribution in [0.1, 0.15) is 0 Å². The molecule has 0 aliphatic heterocycles. The molecule has 0 fully saturated rings. The molecule has 148 heavy (non-hydrogen) atoms. The Balaban J connectivity index is 0.0000000892. The van der Waals surface area contributed by atoms with Crippen LogP contribution in [0, 0.1) is 0 Å². The van der Waals surface area contributed by atoms with Crippen molar-refractivity contribution in [2.75, 3.05) is 0 Å². The van der Waals surface area contributed by atoms with Gasteiger partial charge in [0.05, 0.1) is 94.1 Å². The Morgan fingerprint density at radius 2 is 0.527 bits per heavy atom. The van der Waals surface area contributed by atoms with Crippen molar-refractivity contribution in [1.82, 2.24) is 55.8 Å². The molecule has 0 unspecified atom stereocenters. The van der Waals surface area contributed by atoms with Crippen LogP contribution in [0.5, 0.6) is 0 Å². The average Bonchev–Trinajstić information content (AvgIpc) is 1.34. The predicted molar refractivity (Wildman–Crippen MR) is 621 cm³/mol. The molecule has 16 heteroatoms. The largest absolute Gasteiger partial charge is 0.431 e. The Hall–Kier alpha value is -19.1. The molecule has 0 spiro atoms. The SMILES string of the molecule is c1cc(-c2ccc3c4ccccc4c4ccccc4c3c2)cc(-c2cccc3c2nc2sccn23)c1.c1cc(-c2ccc3c4ccccc4c4ccccc4c3c2)cc(-c2coc3nc4ccccc4n23)c1.c1ccc2c(c1)c1ccccc1n2-c1ccc2c(c1)c1ccccc1n2-c1ccc2c(c1)nc1sccn12.c1ccc2c(c1)c1ccccc1n2-c1ccc2c(c1)c1ccccc1n2-c1cccc2c1nc1sccn12. The minimum absolute atomic E-state index is 0.612. The summed E-state index contributed by atoms with van der Waals surface area (Å²) in [6.07, 6.45) is 8.08. The molecule has 22 aromatic carbocycles. The van der Waals surface area contributed by atoms with E-state index in [4.69, 9.17) is 19.4 Å². The van der Waals surface area contributed by atoms with Crippen LogP contribution < -0.4 is 0 Å². The first kappa shape index (κ1) is 83.5. The maximum Gasteiger partial charge on any atom is 0.307 e. The van der Waals surface area contributed by atoms with Gasteiger partial charge < -0.3 is 22.7 Å². The van der Waals surface area contributed by atoms with Crippen molar-refractivity contribution in [2.24, 2.45) is 0 Å². The second kappa shape index (κ2) is 33.2. The van der Waals surface area contributed by atoms with Crippen molar-refractivity contribution in [3.8, 4) is 67.4 Å². The molecular weight excluding hydrogens is 1870 g/mol. The van der Waals surface area contributed by atoms with E-state index < -0.39 is 0 Å². The molecular formula is C132H80N12OS3. The summed E-state index contributed by atoms with van der Waals surface area (Å²) in [7, 11) is 0. The molecule has 0 saturated heterocycles. The third-order valence-corrected chi connectivity index (χ3v) is 32.4. The lowest BCUT2D eigenvalue weighted by Crippen LogP contribution is -1.96. The third-order valence-electron chi connectivity index (χ3n) is 30.2. The van der Waals surface area contributed by atoms with E-state index in [0.29, 0.717) is 5.84 Å². The van der Waals surface area contributed by atoms with Gasteiger partial charge in [-0.15, -0.1) is 34.0 Å². The van der Waals surface area contributed by atoms with E-state index in [-0.39, 0.29) is 0 Å². The molecule has 0 radical (unpaired) electrons. The zero-order valence-corrected chi connectivity index (χ0v) is 81.6. The molecule has 0 aliphatic rings. The number of oxazole rings is 1. The zero-order chi connectivity index (χ0) is 96.9. The number of aromatic nitrogens is 12. The Morgan fingerprint density at radius 3 is 1.01 bits per heavy atom. The minimum atomic E-state index is 0.612. The fraction of sp³-hybridized carbons (Fsp3) is 0. The van der Waals surface area contributed by atoms with Crippen molar-refractivity contribution < 1.29 is 4.42 Å². The lowest BCUT2D eigenvalue weighted by atomic mass is 9.91. The van der Waals surface area contributed by atoms with Crippen molar-refractivity contribution >= 4 is 251 Å². The number of para-hydroxylation sites is 10. The first-order valence-electron chi connectivity index (χ1n) is 49.7. The van der Waals surface area contributed by atoms with E-state index >= 15 is 0 Å². The molecule has 13 nitrogen and oxygen atoms in total. The topological polar surface area (TPSA) is 102 Å². The number of hydrogen-bond donors (Lipinski definition) is 0. The monoisotopic (exact) mass is 1940 g/mol. The second-order valence-corrected chi connectivity index (χ2v) is 40.7. The Bertz CT molecular complexity index is 11100. The third kappa shape index (κ3) is 13.0. The molecule has 34 rings (SSSR count). The van der Waals surface area contributed by atoms with Crippen LogP contribution in [0.15, 0.2) is 488 Å². The summed E-state index contributed by atoms with van der Waals surface area (Å²) in [5, 5.41) is 31.8. The van der Waals surface area contributed by atoms with Gasteiger partial charge in [0.15, 0.2) is 14.9 Å². The standard InChI is InChI=1S/2C33H20N4S.C33H20N2O.C33H20N2S/c1-4-11-26-22(8-1)23-9-2-5-12-27(23)36(26)21-16-17-29-25(20-21)24-10-3-6-13-28(24)37(29)31-15-7-14-30-32(31)34-33-35(30)18-19-38-33;1-4-10-28-23(7-1)24-8-2-5-11-29(24)36(28)21-13-15-31-26(19-21)25-9-3-6-12-30(25)37(31)22-14-16-32-27(20-22)34-33-35(32)17-18-38-33;1-2-12-26-24(10-1)25-11-3-4-13-27(25)29-19-22(16-17-28(26)29)21-8-7-9-23(18-21)32-20-36-33-34-30-14-5-6-15-31(30)35(32)33;1-2-11-27-25(9-1)26-10-3-4-12-28(26)30-20-22(15-16-29(27)30)21-7-5-8-23(19-21)24-13-6-14-31-32(24)34-33-35(31)17-18-36-33/h2*1-20H;2*1-20H. The minimum Gasteiger partial charge on any atom is -0.431 e. The maximum atomic E-state index is 5.83. The lowest BCUT2D eigenvalue weighted by Gasteiger charge is -2.12.